The third kappa shape index (κ3) is 2.34. The van der Waals surface area contributed by atoms with Crippen LogP contribution in [-0.4, -0.2) is 4.98 Å². The molecule has 0 aliphatic rings. The average molecular weight is 221 g/mol. The lowest BCUT2D eigenvalue weighted by atomic mass is 10.3. The highest BCUT2D eigenvalue weighted by Crippen LogP contribution is 2.21. The summed E-state index contributed by atoms with van der Waals surface area (Å²) in [6.45, 7) is 1.90. The summed E-state index contributed by atoms with van der Waals surface area (Å²) in [4.78, 5) is 3.99. The lowest BCUT2D eigenvalue weighted by Gasteiger charge is -2.04. The molecular formula is C12H9F2NO. The predicted molar refractivity (Wildman–Crippen MR) is 55.4 cm³/mol. The van der Waals surface area contributed by atoms with Crippen molar-refractivity contribution in [1.82, 2.24) is 4.98 Å². The second-order valence-corrected chi connectivity index (χ2v) is 3.35. The first-order chi connectivity index (χ1) is 7.65. The van der Waals surface area contributed by atoms with Crippen LogP contribution in [0.3, 0.4) is 0 Å². The van der Waals surface area contributed by atoms with E-state index in [1.807, 2.05) is 13.0 Å². The number of hydrogen-bond donors (Lipinski definition) is 0. The Morgan fingerprint density at radius 2 is 1.88 bits per heavy atom. The Labute approximate surface area is 91.5 Å². The molecule has 2 nitrogen and oxygen atoms in total. The standard InChI is InChI=1S/C12H9F2NO/c1-8-2-5-12(15-7-8)16-9-3-4-10(13)11(14)6-9/h2-7H,1H3. The molecule has 0 amide bonds. The lowest BCUT2D eigenvalue weighted by molar-refractivity contribution is 0.447. The van der Waals surface area contributed by atoms with E-state index < -0.39 is 11.6 Å². The second-order valence-electron chi connectivity index (χ2n) is 3.35. The fraction of sp³-hybridized carbons (Fsp3) is 0.0833. The van der Waals surface area contributed by atoms with Gasteiger partial charge in [0.05, 0.1) is 0 Å². The Morgan fingerprint density at radius 1 is 1.06 bits per heavy atom. The minimum absolute atomic E-state index is 0.218. The van der Waals surface area contributed by atoms with Crippen LogP contribution < -0.4 is 4.74 Å². The molecule has 0 radical (unpaired) electrons. The monoisotopic (exact) mass is 221 g/mol. The van der Waals surface area contributed by atoms with Crippen molar-refractivity contribution in [2.24, 2.45) is 0 Å². The van der Waals surface area contributed by atoms with Crippen LogP contribution in [0, 0.1) is 18.6 Å². The van der Waals surface area contributed by atoms with E-state index >= 15 is 0 Å². The summed E-state index contributed by atoms with van der Waals surface area (Å²) in [5.74, 6) is -1.28. The smallest absolute Gasteiger partial charge is 0.219 e. The van der Waals surface area contributed by atoms with Gasteiger partial charge in [-0.3, -0.25) is 0 Å². The van der Waals surface area contributed by atoms with Gasteiger partial charge in [0.1, 0.15) is 5.75 Å². The number of rotatable bonds is 2. The number of aromatic nitrogens is 1. The van der Waals surface area contributed by atoms with Crippen LogP contribution in [0.1, 0.15) is 5.56 Å². The summed E-state index contributed by atoms with van der Waals surface area (Å²) < 4.78 is 30.8. The van der Waals surface area contributed by atoms with Gasteiger partial charge in [-0.1, -0.05) is 6.07 Å². The molecule has 0 aliphatic heterocycles. The van der Waals surface area contributed by atoms with Crippen molar-refractivity contribution >= 4 is 0 Å². The molecule has 2 rings (SSSR count). The zero-order valence-electron chi connectivity index (χ0n) is 8.58. The van der Waals surface area contributed by atoms with Gasteiger partial charge in [0, 0.05) is 18.3 Å². The number of hydrogen-bond acceptors (Lipinski definition) is 2. The van der Waals surface area contributed by atoms with Crippen LogP contribution in [-0.2, 0) is 0 Å². The van der Waals surface area contributed by atoms with Crippen LogP contribution in [0.15, 0.2) is 36.5 Å². The summed E-state index contributed by atoms with van der Waals surface area (Å²) in [5.41, 5.74) is 0.998. The SMILES string of the molecule is Cc1ccc(Oc2ccc(F)c(F)c2)nc1. The Hall–Kier alpha value is -1.97. The molecule has 0 saturated heterocycles. The van der Waals surface area contributed by atoms with Crippen molar-refractivity contribution in [3.8, 4) is 11.6 Å². The van der Waals surface area contributed by atoms with Gasteiger partial charge in [0.15, 0.2) is 11.6 Å². The number of ether oxygens (including phenoxy) is 1. The van der Waals surface area contributed by atoms with Crippen LogP contribution in [0.2, 0.25) is 0 Å². The number of benzene rings is 1. The van der Waals surface area contributed by atoms with E-state index in [0.717, 1.165) is 17.7 Å². The van der Waals surface area contributed by atoms with E-state index in [1.165, 1.54) is 6.07 Å². The Bertz CT molecular complexity index is 497. The third-order valence-corrected chi connectivity index (χ3v) is 2.00. The molecule has 1 heterocycles. The summed E-state index contributed by atoms with van der Waals surface area (Å²) in [7, 11) is 0. The maximum Gasteiger partial charge on any atom is 0.219 e. The van der Waals surface area contributed by atoms with E-state index in [2.05, 4.69) is 4.98 Å². The van der Waals surface area contributed by atoms with Crippen LogP contribution >= 0.6 is 0 Å². The predicted octanol–water partition coefficient (Wildman–Crippen LogP) is 3.46. The van der Waals surface area contributed by atoms with Crippen molar-refractivity contribution in [2.75, 3.05) is 0 Å². The second kappa shape index (κ2) is 4.26. The van der Waals surface area contributed by atoms with Crippen molar-refractivity contribution in [3.63, 3.8) is 0 Å². The van der Waals surface area contributed by atoms with Gasteiger partial charge in [0.2, 0.25) is 5.88 Å². The molecule has 0 spiro atoms. The molecule has 82 valence electrons. The normalized spacial score (nSPS) is 10.2. The Kier molecular flexibility index (Phi) is 2.81. The van der Waals surface area contributed by atoms with E-state index in [1.54, 1.807) is 12.3 Å². The van der Waals surface area contributed by atoms with Gasteiger partial charge in [-0.05, 0) is 24.6 Å². The van der Waals surface area contributed by atoms with Gasteiger partial charge in [-0.25, -0.2) is 13.8 Å². The van der Waals surface area contributed by atoms with Gasteiger partial charge in [-0.15, -0.1) is 0 Å². The molecule has 0 saturated carbocycles. The van der Waals surface area contributed by atoms with Crippen molar-refractivity contribution in [2.45, 2.75) is 6.92 Å². The van der Waals surface area contributed by atoms with E-state index in [4.69, 9.17) is 4.74 Å². The van der Waals surface area contributed by atoms with Gasteiger partial charge < -0.3 is 4.74 Å². The third-order valence-electron chi connectivity index (χ3n) is 2.00. The number of aryl methyl sites for hydroxylation is 1. The quantitative estimate of drug-likeness (QED) is 0.774. The number of pyridine rings is 1. The molecule has 0 fully saturated rings. The van der Waals surface area contributed by atoms with E-state index in [-0.39, 0.29) is 5.75 Å². The first-order valence-electron chi connectivity index (χ1n) is 4.71. The zero-order chi connectivity index (χ0) is 11.5. The molecule has 0 aliphatic carbocycles. The van der Waals surface area contributed by atoms with E-state index in [0.29, 0.717) is 5.88 Å². The molecule has 16 heavy (non-hydrogen) atoms. The van der Waals surface area contributed by atoms with Gasteiger partial charge in [0.25, 0.3) is 0 Å². The summed E-state index contributed by atoms with van der Waals surface area (Å²) in [6, 6.07) is 6.83. The van der Waals surface area contributed by atoms with Gasteiger partial charge >= 0.3 is 0 Å². The molecule has 0 unspecified atom stereocenters. The molecule has 1 aromatic carbocycles. The van der Waals surface area contributed by atoms with Crippen molar-refractivity contribution in [3.05, 3.63) is 53.7 Å². The maximum atomic E-state index is 12.9. The highest BCUT2D eigenvalue weighted by atomic mass is 19.2. The molecule has 1 aromatic heterocycles. The topological polar surface area (TPSA) is 22.1 Å². The van der Waals surface area contributed by atoms with Crippen LogP contribution in [0.25, 0.3) is 0 Å². The van der Waals surface area contributed by atoms with Crippen LogP contribution in [0.5, 0.6) is 11.6 Å². The molecule has 0 atom stereocenters. The molecule has 4 heteroatoms. The summed E-state index contributed by atoms with van der Waals surface area (Å²) >= 11 is 0. The minimum atomic E-state index is -0.940. The average Bonchev–Trinajstić information content (AvgIpc) is 2.27. The minimum Gasteiger partial charge on any atom is -0.439 e. The first-order valence-corrected chi connectivity index (χ1v) is 4.71. The highest BCUT2D eigenvalue weighted by molar-refractivity contribution is 5.28. The fourth-order valence-corrected chi connectivity index (χ4v) is 1.18. The van der Waals surface area contributed by atoms with Crippen molar-refractivity contribution in [1.29, 1.82) is 0 Å². The maximum absolute atomic E-state index is 12.9. The van der Waals surface area contributed by atoms with Crippen LogP contribution in [0.4, 0.5) is 8.78 Å². The molecule has 0 N–H and O–H groups in total. The molecular weight excluding hydrogens is 212 g/mol. The Morgan fingerprint density at radius 3 is 2.50 bits per heavy atom. The zero-order valence-corrected chi connectivity index (χ0v) is 8.58. The first kappa shape index (κ1) is 10.5. The molecule has 0 bridgehead atoms. The van der Waals surface area contributed by atoms with E-state index in [9.17, 15) is 8.78 Å². The lowest BCUT2D eigenvalue weighted by Crippen LogP contribution is -1.90. The summed E-state index contributed by atoms with van der Waals surface area (Å²) in [6.07, 6.45) is 1.63. The van der Waals surface area contributed by atoms with Crippen molar-refractivity contribution < 1.29 is 13.5 Å². The van der Waals surface area contributed by atoms with Gasteiger partial charge in [-0.2, -0.15) is 0 Å². The number of nitrogens with zero attached hydrogens (tertiary/aromatic N) is 1. The fourth-order valence-electron chi connectivity index (χ4n) is 1.18. The summed E-state index contributed by atoms with van der Waals surface area (Å²) in [5, 5.41) is 0. The highest BCUT2D eigenvalue weighted by Gasteiger charge is 2.04. The Balaban J connectivity index is 2.20. The largest absolute Gasteiger partial charge is 0.439 e. The molecule has 2 aromatic rings. The number of halogens is 2.